The van der Waals surface area contributed by atoms with Gasteiger partial charge in [-0.15, -0.1) is 11.3 Å². The molecular formula is C14H15F2NOS. The minimum Gasteiger partial charge on any atom is -0.435 e. The van der Waals surface area contributed by atoms with Crippen LogP contribution in [-0.2, 0) is 6.42 Å². The summed E-state index contributed by atoms with van der Waals surface area (Å²) in [5.41, 5.74) is 1.05. The summed E-state index contributed by atoms with van der Waals surface area (Å²) in [6.07, 6.45) is 0.878. The van der Waals surface area contributed by atoms with Gasteiger partial charge in [-0.3, -0.25) is 0 Å². The van der Waals surface area contributed by atoms with Gasteiger partial charge in [-0.2, -0.15) is 8.78 Å². The van der Waals surface area contributed by atoms with Crippen molar-refractivity contribution in [1.82, 2.24) is 5.32 Å². The van der Waals surface area contributed by atoms with Crippen LogP contribution in [-0.4, -0.2) is 13.7 Å². The molecule has 0 saturated carbocycles. The number of likely N-dealkylation sites (N-methyl/N-ethyl adjacent to an activating group) is 1. The van der Waals surface area contributed by atoms with Crippen LogP contribution in [0.25, 0.3) is 0 Å². The lowest BCUT2D eigenvalue weighted by molar-refractivity contribution is -0.0498. The Hall–Kier alpha value is -1.46. The van der Waals surface area contributed by atoms with Crippen LogP contribution in [0.2, 0.25) is 0 Å². The molecular weight excluding hydrogens is 268 g/mol. The van der Waals surface area contributed by atoms with E-state index in [1.54, 1.807) is 23.5 Å². The van der Waals surface area contributed by atoms with Crippen molar-refractivity contribution < 1.29 is 13.5 Å². The highest BCUT2D eigenvalue weighted by molar-refractivity contribution is 7.09. The van der Waals surface area contributed by atoms with Gasteiger partial charge in [0.25, 0.3) is 0 Å². The van der Waals surface area contributed by atoms with E-state index in [2.05, 4.69) is 16.1 Å². The highest BCUT2D eigenvalue weighted by atomic mass is 32.1. The van der Waals surface area contributed by atoms with Crippen LogP contribution in [0.3, 0.4) is 0 Å². The lowest BCUT2D eigenvalue weighted by Crippen LogP contribution is -2.18. The molecule has 0 saturated heterocycles. The quantitative estimate of drug-likeness (QED) is 0.869. The van der Waals surface area contributed by atoms with Crippen molar-refractivity contribution in [3.05, 3.63) is 52.2 Å². The first-order valence-corrected chi connectivity index (χ1v) is 6.81. The number of hydrogen-bond acceptors (Lipinski definition) is 3. The molecule has 1 aromatic carbocycles. The highest BCUT2D eigenvalue weighted by Gasteiger charge is 2.11. The van der Waals surface area contributed by atoms with Crippen molar-refractivity contribution in [3.8, 4) is 5.75 Å². The molecule has 0 aliphatic rings. The fraction of sp³-hybridized carbons (Fsp3) is 0.286. The number of rotatable bonds is 6. The van der Waals surface area contributed by atoms with Gasteiger partial charge in [-0.1, -0.05) is 18.2 Å². The summed E-state index contributed by atoms with van der Waals surface area (Å²) in [5, 5.41) is 5.28. The SMILES string of the molecule is CNC(Cc1cccs1)c1ccc(OC(F)F)cc1. The van der Waals surface area contributed by atoms with E-state index in [0.29, 0.717) is 0 Å². The fourth-order valence-corrected chi connectivity index (χ4v) is 2.65. The Morgan fingerprint density at radius 3 is 2.47 bits per heavy atom. The Morgan fingerprint density at radius 2 is 1.95 bits per heavy atom. The van der Waals surface area contributed by atoms with Crippen molar-refractivity contribution in [2.45, 2.75) is 19.1 Å². The molecule has 5 heteroatoms. The van der Waals surface area contributed by atoms with Gasteiger partial charge in [0.2, 0.25) is 0 Å². The average molecular weight is 283 g/mol. The summed E-state index contributed by atoms with van der Waals surface area (Å²) in [7, 11) is 1.89. The maximum Gasteiger partial charge on any atom is 0.387 e. The Morgan fingerprint density at radius 1 is 1.21 bits per heavy atom. The third-order valence-corrected chi connectivity index (χ3v) is 3.74. The molecule has 19 heavy (non-hydrogen) atoms. The number of alkyl halides is 2. The van der Waals surface area contributed by atoms with Gasteiger partial charge in [0, 0.05) is 17.3 Å². The van der Waals surface area contributed by atoms with E-state index in [1.807, 2.05) is 30.6 Å². The summed E-state index contributed by atoms with van der Waals surface area (Å²) < 4.78 is 28.5. The maximum atomic E-state index is 12.1. The van der Waals surface area contributed by atoms with Gasteiger partial charge in [-0.05, 0) is 36.2 Å². The summed E-state index contributed by atoms with van der Waals surface area (Å²) in [6.45, 7) is -2.78. The largest absolute Gasteiger partial charge is 0.435 e. The van der Waals surface area contributed by atoms with Gasteiger partial charge in [-0.25, -0.2) is 0 Å². The van der Waals surface area contributed by atoms with E-state index in [9.17, 15) is 8.78 Å². The van der Waals surface area contributed by atoms with Crippen LogP contribution < -0.4 is 10.1 Å². The van der Waals surface area contributed by atoms with E-state index in [1.165, 1.54) is 4.88 Å². The smallest absolute Gasteiger partial charge is 0.387 e. The number of hydrogen-bond donors (Lipinski definition) is 1. The van der Waals surface area contributed by atoms with Crippen molar-refractivity contribution in [2.75, 3.05) is 7.05 Å². The van der Waals surface area contributed by atoms with E-state index < -0.39 is 6.61 Å². The van der Waals surface area contributed by atoms with E-state index in [-0.39, 0.29) is 11.8 Å². The summed E-state index contributed by atoms with van der Waals surface area (Å²) in [4.78, 5) is 1.28. The van der Waals surface area contributed by atoms with Gasteiger partial charge in [0.15, 0.2) is 0 Å². The minimum absolute atomic E-state index is 0.166. The predicted octanol–water partition coefficient (Wildman–Crippen LogP) is 3.85. The molecule has 0 radical (unpaired) electrons. The molecule has 1 aromatic heterocycles. The molecule has 0 spiro atoms. The van der Waals surface area contributed by atoms with Gasteiger partial charge in [0.1, 0.15) is 5.75 Å². The third kappa shape index (κ3) is 4.01. The zero-order valence-corrected chi connectivity index (χ0v) is 11.3. The molecule has 1 atom stereocenters. The molecule has 0 amide bonds. The molecule has 1 N–H and O–H groups in total. The topological polar surface area (TPSA) is 21.3 Å². The lowest BCUT2D eigenvalue weighted by atomic mass is 10.0. The van der Waals surface area contributed by atoms with Gasteiger partial charge < -0.3 is 10.1 Å². The second kappa shape index (κ2) is 6.63. The van der Waals surface area contributed by atoms with Crippen LogP contribution in [0, 0.1) is 0 Å². The number of nitrogens with one attached hydrogen (secondary N) is 1. The van der Waals surface area contributed by atoms with Crippen LogP contribution in [0.4, 0.5) is 8.78 Å². The molecule has 0 aliphatic heterocycles. The van der Waals surface area contributed by atoms with Crippen LogP contribution in [0.1, 0.15) is 16.5 Å². The predicted molar refractivity (Wildman–Crippen MR) is 72.9 cm³/mol. The van der Waals surface area contributed by atoms with Crippen LogP contribution >= 0.6 is 11.3 Å². The second-order valence-corrected chi connectivity index (χ2v) is 5.10. The number of benzene rings is 1. The van der Waals surface area contributed by atoms with E-state index in [4.69, 9.17) is 0 Å². The zero-order valence-electron chi connectivity index (χ0n) is 10.5. The number of ether oxygens (including phenoxy) is 1. The zero-order chi connectivity index (χ0) is 13.7. The van der Waals surface area contributed by atoms with Gasteiger partial charge >= 0.3 is 6.61 Å². The molecule has 102 valence electrons. The van der Waals surface area contributed by atoms with Crippen LogP contribution in [0.5, 0.6) is 5.75 Å². The summed E-state index contributed by atoms with van der Waals surface area (Å²) in [5.74, 6) is 0.185. The van der Waals surface area contributed by atoms with Crippen molar-refractivity contribution in [2.24, 2.45) is 0 Å². The highest BCUT2D eigenvalue weighted by Crippen LogP contribution is 2.23. The Balaban J connectivity index is 2.06. The van der Waals surface area contributed by atoms with Crippen molar-refractivity contribution in [1.29, 1.82) is 0 Å². The van der Waals surface area contributed by atoms with Crippen molar-refractivity contribution >= 4 is 11.3 Å². The molecule has 2 rings (SSSR count). The lowest BCUT2D eigenvalue weighted by Gasteiger charge is -2.16. The summed E-state index contributed by atoms with van der Waals surface area (Å²) in [6, 6.07) is 11.0. The maximum absolute atomic E-state index is 12.1. The first kappa shape index (κ1) is 14.0. The van der Waals surface area contributed by atoms with E-state index in [0.717, 1.165) is 12.0 Å². The minimum atomic E-state index is -2.78. The van der Waals surface area contributed by atoms with Crippen molar-refractivity contribution in [3.63, 3.8) is 0 Å². The first-order valence-electron chi connectivity index (χ1n) is 5.93. The average Bonchev–Trinajstić information content (AvgIpc) is 2.89. The summed E-state index contributed by atoms with van der Waals surface area (Å²) >= 11 is 1.71. The van der Waals surface area contributed by atoms with Crippen LogP contribution in [0.15, 0.2) is 41.8 Å². The third-order valence-electron chi connectivity index (χ3n) is 2.84. The second-order valence-electron chi connectivity index (χ2n) is 4.07. The Bertz CT molecular complexity index is 485. The molecule has 0 fully saturated rings. The molecule has 1 unspecified atom stereocenters. The Kier molecular flexibility index (Phi) is 4.87. The van der Waals surface area contributed by atoms with E-state index >= 15 is 0 Å². The Labute approximate surface area is 115 Å². The number of halogens is 2. The molecule has 2 nitrogen and oxygen atoms in total. The standard InChI is InChI=1S/C14H15F2NOS/c1-17-13(9-12-3-2-8-19-12)10-4-6-11(7-5-10)18-14(15)16/h2-8,13-14,17H,9H2,1H3. The normalized spacial score (nSPS) is 12.6. The molecule has 0 bridgehead atoms. The molecule has 1 heterocycles. The van der Waals surface area contributed by atoms with Gasteiger partial charge in [0.05, 0.1) is 0 Å². The monoisotopic (exact) mass is 283 g/mol. The molecule has 0 aliphatic carbocycles. The first-order chi connectivity index (χ1) is 9.19. The fourth-order valence-electron chi connectivity index (χ4n) is 1.90. The molecule has 2 aromatic rings. The number of thiophene rings is 1.